The highest BCUT2D eigenvalue weighted by atomic mass is 32.2. The fraction of sp³-hybridized carbons (Fsp3) is 0.185. The van der Waals surface area contributed by atoms with Crippen LogP contribution in [0.3, 0.4) is 0 Å². The predicted octanol–water partition coefficient (Wildman–Crippen LogP) is 5.94. The molecule has 0 bridgehead atoms. The number of benzene rings is 3. The molecule has 0 atom stereocenters. The standard InChI is InChI=1S/C27H25NO4S2/c1-30-23-14-7-8-15-24(23)32-17-9-16-31-22-13-6-5-12-21(22)18-25-26(29)28(27(33)34-25)19-20-10-3-2-4-11-20/h2-8,10-15,18H,9,16-17,19H2,1H3/b25-18-. The summed E-state index contributed by atoms with van der Waals surface area (Å²) in [5.74, 6) is 2.05. The Balaban J connectivity index is 1.35. The van der Waals surface area contributed by atoms with Crippen molar-refractivity contribution in [3.63, 3.8) is 0 Å². The smallest absolute Gasteiger partial charge is 0.266 e. The Labute approximate surface area is 209 Å². The van der Waals surface area contributed by atoms with Crippen molar-refractivity contribution in [2.24, 2.45) is 0 Å². The van der Waals surface area contributed by atoms with Crippen LogP contribution in [-0.2, 0) is 11.3 Å². The number of nitrogens with zero attached hydrogens (tertiary/aromatic N) is 1. The van der Waals surface area contributed by atoms with E-state index in [1.54, 1.807) is 12.0 Å². The van der Waals surface area contributed by atoms with E-state index in [1.807, 2.05) is 84.9 Å². The molecular formula is C27H25NO4S2. The van der Waals surface area contributed by atoms with Crippen LogP contribution in [0.5, 0.6) is 17.2 Å². The number of ether oxygens (including phenoxy) is 3. The molecule has 1 aliphatic rings. The van der Waals surface area contributed by atoms with Gasteiger partial charge < -0.3 is 14.2 Å². The maximum Gasteiger partial charge on any atom is 0.266 e. The average molecular weight is 492 g/mol. The molecule has 5 nitrogen and oxygen atoms in total. The van der Waals surface area contributed by atoms with Crippen molar-refractivity contribution in [3.8, 4) is 17.2 Å². The van der Waals surface area contributed by atoms with Gasteiger partial charge >= 0.3 is 0 Å². The summed E-state index contributed by atoms with van der Waals surface area (Å²) in [4.78, 5) is 15.2. The highest BCUT2D eigenvalue weighted by Gasteiger charge is 2.32. The SMILES string of the molecule is COc1ccccc1OCCCOc1ccccc1/C=C1\SC(=S)N(Cc2ccccc2)C1=O. The average Bonchev–Trinajstić information content (AvgIpc) is 3.13. The highest BCUT2D eigenvalue weighted by Crippen LogP contribution is 2.35. The predicted molar refractivity (Wildman–Crippen MR) is 140 cm³/mol. The zero-order chi connectivity index (χ0) is 23.8. The van der Waals surface area contributed by atoms with E-state index in [0.29, 0.717) is 52.7 Å². The summed E-state index contributed by atoms with van der Waals surface area (Å²) >= 11 is 6.79. The molecule has 0 radical (unpaired) electrons. The molecule has 174 valence electrons. The molecule has 1 saturated heterocycles. The lowest BCUT2D eigenvalue weighted by Gasteiger charge is -2.14. The second-order valence-electron chi connectivity index (χ2n) is 7.49. The third-order valence-corrected chi connectivity index (χ3v) is 6.51. The number of methoxy groups -OCH3 is 1. The Kier molecular flexibility index (Phi) is 8.22. The summed E-state index contributed by atoms with van der Waals surface area (Å²) in [6.45, 7) is 1.45. The van der Waals surface area contributed by atoms with Gasteiger partial charge in [-0.2, -0.15) is 0 Å². The minimum Gasteiger partial charge on any atom is -0.493 e. The van der Waals surface area contributed by atoms with Gasteiger partial charge in [0.05, 0.1) is 31.8 Å². The molecule has 4 rings (SSSR count). The minimum atomic E-state index is -0.0844. The normalized spacial score (nSPS) is 14.5. The number of thioether (sulfide) groups is 1. The van der Waals surface area contributed by atoms with Crippen molar-refractivity contribution < 1.29 is 19.0 Å². The summed E-state index contributed by atoms with van der Waals surface area (Å²) in [6.07, 6.45) is 2.55. The number of thiocarbonyl (C=S) groups is 1. The van der Waals surface area contributed by atoms with Gasteiger partial charge in [-0.25, -0.2) is 0 Å². The van der Waals surface area contributed by atoms with E-state index in [2.05, 4.69) is 0 Å². The Morgan fingerprint density at radius 1 is 0.853 bits per heavy atom. The summed E-state index contributed by atoms with van der Waals surface area (Å²) in [6, 6.07) is 25.1. The van der Waals surface area contributed by atoms with Crippen LogP contribution in [0.2, 0.25) is 0 Å². The number of carbonyl (C=O) groups is 1. The van der Waals surface area contributed by atoms with Crippen molar-refractivity contribution >= 4 is 40.3 Å². The van der Waals surface area contributed by atoms with Crippen LogP contribution in [0.1, 0.15) is 17.5 Å². The van der Waals surface area contributed by atoms with E-state index in [0.717, 1.165) is 11.1 Å². The zero-order valence-corrected chi connectivity index (χ0v) is 20.4. The van der Waals surface area contributed by atoms with Gasteiger partial charge in [0, 0.05) is 12.0 Å². The van der Waals surface area contributed by atoms with Gasteiger partial charge in [-0.1, -0.05) is 84.6 Å². The molecule has 0 N–H and O–H groups in total. The molecule has 0 saturated carbocycles. The molecule has 0 aromatic heterocycles. The van der Waals surface area contributed by atoms with E-state index < -0.39 is 0 Å². The summed E-state index contributed by atoms with van der Waals surface area (Å²) in [5, 5.41) is 0. The number of hydrogen-bond donors (Lipinski definition) is 0. The quantitative estimate of drug-likeness (QED) is 0.199. The Bertz CT molecular complexity index is 1180. The van der Waals surface area contributed by atoms with Crippen LogP contribution in [0.15, 0.2) is 83.8 Å². The largest absolute Gasteiger partial charge is 0.493 e. The first-order valence-corrected chi connectivity index (χ1v) is 12.1. The molecule has 1 aliphatic heterocycles. The first-order chi connectivity index (χ1) is 16.7. The lowest BCUT2D eigenvalue weighted by Crippen LogP contribution is -2.27. The molecule has 3 aromatic rings. The molecule has 34 heavy (non-hydrogen) atoms. The molecule has 3 aromatic carbocycles. The minimum absolute atomic E-state index is 0.0844. The molecule has 0 spiro atoms. The van der Waals surface area contributed by atoms with Crippen LogP contribution < -0.4 is 14.2 Å². The molecule has 0 aliphatic carbocycles. The lowest BCUT2D eigenvalue weighted by molar-refractivity contribution is -0.122. The Morgan fingerprint density at radius 3 is 2.21 bits per heavy atom. The van der Waals surface area contributed by atoms with Crippen LogP contribution in [0.25, 0.3) is 6.08 Å². The second kappa shape index (κ2) is 11.7. The first kappa shape index (κ1) is 23.9. The molecular weight excluding hydrogens is 466 g/mol. The summed E-state index contributed by atoms with van der Waals surface area (Å²) in [7, 11) is 1.62. The molecule has 7 heteroatoms. The van der Waals surface area contributed by atoms with E-state index >= 15 is 0 Å². The van der Waals surface area contributed by atoms with Gasteiger partial charge in [0.1, 0.15) is 10.1 Å². The van der Waals surface area contributed by atoms with Gasteiger partial charge in [0.25, 0.3) is 5.91 Å². The number of amides is 1. The maximum atomic E-state index is 13.0. The van der Waals surface area contributed by atoms with Gasteiger partial charge in [-0.3, -0.25) is 9.69 Å². The van der Waals surface area contributed by atoms with Crippen LogP contribution in [0.4, 0.5) is 0 Å². The zero-order valence-electron chi connectivity index (χ0n) is 18.8. The number of hydrogen-bond acceptors (Lipinski definition) is 6. The second-order valence-corrected chi connectivity index (χ2v) is 9.17. The first-order valence-electron chi connectivity index (χ1n) is 10.9. The van der Waals surface area contributed by atoms with Crippen molar-refractivity contribution in [1.29, 1.82) is 0 Å². The van der Waals surface area contributed by atoms with Crippen LogP contribution >= 0.6 is 24.0 Å². The van der Waals surface area contributed by atoms with Crippen LogP contribution in [0, 0.1) is 0 Å². The fourth-order valence-electron chi connectivity index (χ4n) is 3.44. The fourth-order valence-corrected chi connectivity index (χ4v) is 4.68. The van der Waals surface area contributed by atoms with Gasteiger partial charge in [0.2, 0.25) is 0 Å². The third kappa shape index (κ3) is 5.98. The summed E-state index contributed by atoms with van der Waals surface area (Å²) < 4.78 is 17.7. The summed E-state index contributed by atoms with van der Waals surface area (Å²) in [5.41, 5.74) is 1.88. The molecule has 1 heterocycles. The lowest BCUT2D eigenvalue weighted by atomic mass is 10.1. The number of carbonyl (C=O) groups excluding carboxylic acids is 1. The van der Waals surface area contributed by atoms with E-state index in [9.17, 15) is 4.79 Å². The number of rotatable bonds is 10. The Hall–Kier alpha value is -3.29. The number of para-hydroxylation sites is 3. The topological polar surface area (TPSA) is 48.0 Å². The van der Waals surface area contributed by atoms with Gasteiger partial charge in [-0.15, -0.1) is 0 Å². The van der Waals surface area contributed by atoms with E-state index in [1.165, 1.54) is 11.8 Å². The highest BCUT2D eigenvalue weighted by molar-refractivity contribution is 8.26. The van der Waals surface area contributed by atoms with E-state index in [4.69, 9.17) is 26.4 Å². The molecule has 1 fully saturated rings. The van der Waals surface area contributed by atoms with Crippen molar-refractivity contribution in [3.05, 3.63) is 94.9 Å². The van der Waals surface area contributed by atoms with Gasteiger partial charge in [-0.05, 0) is 29.8 Å². The van der Waals surface area contributed by atoms with Crippen molar-refractivity contribution in [2.75, 3.05) is 20.3 Å². The Morgan fingerprint density at radius 2 is 1.47 bits per heavy atom. The third-order valence-electron chi connectivity index (χ3n) is 5.14. The van der Waals surface area contributed by atoms with Crippen molar-refractivity contribution in [2.45, 2.75) is 13.0 Å². The molecule has 0 unspecified atom stereocenters. The maximum absolute atomic E-state index is 13.0. The van der Waals surface area contributed by atoms with Crippen molar-refractivity contribution in [1.82, 2.24) is 4.90 Å². The van der Waals surface area contributed by atoms with Gasteiger partial charge in [0.15, 0.2) is 11.5 Å². The molecule has 1 amide bonds. The van der Waals surface area contributed by atoms with E-state index in [-0.39, 0.29) is 5.91 Å². The monoisotopic (exact) mass is 491 g/mol. The van der Waals surface area contributed by atoms with Crippen LogP contribution in [-0.4, -0.2) is 35.5 Å².